The monoisotopic (exact) mass is 405 g/mol. The molecule has 1 heterocycles. The van der Waals surface area contributed by atoms with Crippen molar-refractivity contribution in [1.82, 2.24) is 4.98 Å². The molecule has 4 nitrogen and oxygen atoms in total. The maximum atomic E-state index is 12.4. The first kappa shape index (κ1) is 21.3. The number of allylic oxidation sites excluding steroid dienone is 1. The molecule has 150 valence electrons. The highest BCUT2D eigenvalue weighted by molar-refractivity contribution is 6.08. The van der Waals surface area contributed by atoms with Gasteiger partial charge in [-0.25, -0.2) is 0 Å². The average Bonchev–Trinajstić information content (AvgIpc) is 2.62. The molecular weight excluding hydrogens is 392 g/mol. The summed E-state index contributed by atoms with van der Waals surface area (Å²) in [6, 6.07) is 6.06. The second kappa shape index (κ2) is 8.77. The summed E-state index contributed by atoms with van der Waals surface area (Å²) in [5, 5.41) is 0. The lowest BCUT2D eigenvalue weighted by atomic mass is 10.1. The molecule has 0 aliphatic carbocycles. The van der Waals surface area contributed by atoms with E-state index in [0.29, 0.717) is 5.56 Å². The molecule has 0 N–H and O–H groups in total. The molecule has 2 rings (SSSR count). The third kappa shape index (κ3) is 7.29. The number of carbonyl (C=O) groups is 1. The van der Waals surface area contributed by atoms with Gasteiger partial charge in [0.2, 0.25) is 0 Å². The highest BCUT2D eigenvalue weighted by Gasteiger charge is 2.30. The Balaban J connectivity index is 2.27. The van der Waals surface area contributed by atoms with Crippen LogP contribution in [0.1, 0.15) is 15.9 Å². The topological polar surface area (TPSA) is 48.4 Å². The minimum atomic E-state index is -4.66. The molecule has 0 atom stereocenters. The summed E-state index contributed by atoms with van der Waals surface area (Å²) < 4.78 is 83.2. The molecule has 0 amide bonds. The number of benzene rings is 1. The summed E-state index contributed by atoms with van der Waals surface area (Å²) >= 11 is 0. The zero-order valence-corrected chi connectivity index (χ0v) is 14.1. The van der Waals surface area contributed by atoms with Crippen molar-refractivity contribution in [2.45, 2.75) is 12.4 Å². The van der Waals surface area contributed by atoms with Crippen LogP contribution in [0.3, 0.4) is 0 Å². The maximum absolute atomic E-state index is 12.4. The fourth-order valence-electron chi connectivity index (χ4n) is 1.98. The molecule has 0 saturated heterocycles. The van der Waals surface area contributed by atoms with Crippen LogP contribution < -0.4 is 9.47 Å². The molecule has 0 aliphatic heterocycles. The lowest BCUT2D eigenvalue weighted by Gasteiger charge is -2.14. The Morgan fingerprint density at radius 2 is 1.68 bits per heavy atom. The third-order valence-corrected chi connectivity index (χ3v) is 3.12. The molecule has 0 unspecified atom stereocenters. The molecule has 0 fully saturated rings. The van der Waals surface area contributed by atoms with Gasteiger partial charge in [-0.2, -0.15) is 26.3 Å². The second-order valence-corrected chi connectivity index (χ2v) is 5.45. The van der Waals surface area contributed by atoms with Gasteiger partial charge in [-0.1, -0.05) is 6.07 Å². The van der Waals surface area contributed by atoms with E-state index in [2.05, 4.69) is 14.5 Å². The van der Waals surface area contributed by atoms with Crippen LogP contribution in [0.25, 0.3) is 6.08 Å². The van der Waals surface area contributed by atoms with Gasteiger partial charge < -0.3 is 9.47 Å². The Hall–Kier alpha value is -3.04. The molecule has 0 radical (unpaired) electrons. The van der Waals surface area contributed by atoms with Crippen molar-refractivity contribution in [3.63, 3.8) is 0 Å². The average molecular weight is 405 g/mol. The van der Waals surface area contributed by atoms with E-state index in [4.69, 9.17) is 0 Å². The smallest absolute Gasteiger partial charge is 0.422 e. The standard InChI is InChI=1S/C18H13F6NO3/c19-17(20,21)10-27-13-4-6-16(28-11-18(22,23)24)14(8-13)15(26)5-3-12-2-1-7-25-9-12/h1-9H,10-11H2. The maximum Gasteiger partial charge on any atom is 0.422 e. The SMILES string of the molecule is O=C(C=Cc1cccnc1)c1cc(OCC(F)(F)F)ccc1OCC(F)(F)F. The lowest BCUT2D eigenvalue weighted by molar-refractivity contribution is -0.154. The number of hydrogen-bond acceptors (Lipinski definition) is 4. The highest BCUT2D eigenvalue weighted by atomic mass is 19.4. The van der Waals surface area contributed by atoms with E-state index in [1.165, 1.54) is 18.5 Å². The van der Waals surface area contributed by atoms with Gasteiger partial charge in [0, 0.05) is 12.4 Å². The van der Waals surface area contributed by atoms with Crippen LogP contribution in [-0.2, 0) is 0 Å². The van der Waals surface area contributed by atoms with Crippen LogP contribution in [0.5, 0.6) is 11.5 Å². The van der Waals surface area contributed by atoms with Crippen molar-refractivity contribution in [2.75, 3.05) is 13.2 Å². The van der Waals surface area contributed by atoms with Crippen LogP contribution in [-0.4, -0.2) is 36.3 Å². The van der Waals surface area contributed by atoms with Crippen molar-refractivity contribution in [2.24, 2.45) is 0 Å². The molecule has 0 saturated carbocycles. The van der Waals surface area contributed by atoms with Crippen LogP contribution >= 0.6 is 0 Å². The molecule has 28 heavy (non-hydrogen) atoms. The summed E-state index contributed by atoms with van der Waals surface area (Å²) in [5.74, 6) is -1.55. The molecule has 0 spiro atoms. The first-order valence-corrected chi connectivity index (χ1v) is 7.69. The van der Waals surface area contributed by atoms with Crippen molar-refractivity contribution >= 4 is 11.9 Å². The number of alkyl halides is 6. The fraction of sp³-hybridized carbons (Fsp3) is 0.222. The van der Waals surface area contributed by atoms with Crippen molar-refractivity contribution in [3.05, 3.63) is 59.9 Å². The van der Waals surface area contributed by atoms with Crippen LogP contribution in [0, 0.1) is 0 Å². The predicted molar refractivity (Wildman–Crippen MR) is 87.1 cm³/mol. The Labute approximate surface area is 155 Å². The molecule has 1 aromatic heterocycles. The molecule has 2 aromatic rings. The van der Waals surface area contributed by atoms with Gasteiger partial charge in [-0.3, -0.25) is 9.78 Å². The first-order chi connectivity index (χ1) is 13.0. The van der Waals surface area contributed by atoms with Gasteiger partial charge in [0.1, 0.15) is 11.5 Å². The van der Waals surface area contributed by atoms with Crippen molar-refractivity contribution < 1.29 is 40.6 Å². The number of rotatable bonds is 7. The summed E-state index contributed by atoms with van der Waals surface area (Å²) in [5.41, 5.74) is 0.169. The zero-order valence-electron chi connectivity index (χ0n) is 14.1. The fourth-order valence-corrected chi connectivity index (χ4v) is 1.98. The van der Waals surface area contributed by atoms with Crippen LogP contribution in [0.2, 0.25) is 0 Å². The Morgan fingerprint density at radius 3 is 2.29 bits per heavy atom. The minimum absolute atomic E-state index is 0.338. The van der Waals surface area contributed by atoms with Crippen molar-refractivity contribution in [3.8, 4) is 11.5 Å². The summed E-state index contributed by atoms with van der Waals surface area (Å²) in [7, 11) is 0. The molecule has 0 bridgehead atoms. The zero-order chi connectivity index (χ0) is 20.8. The van der Waals surface area contributed by atoms with Gasteiger partial charge in [0.05, 0.1) is 5.56 Å². The van der Waals surface area contributed by atoms with Gasteiger partial charge in [-0.15, -0.1) is 0 Å². The lowest BCUT2D eigenvalue weighted by Crippen LogP contribution is -2.21. The number of pyridine rings is 1. The van der Waals surface area contributed by atoms with Crippen molar-refractivity contribution in [1.29, 1.82) is 0 Å². The predicted octanol–water partition coefficient (Wildman–Crippen LogP) is 4.86. The second-order valence-electron chi connectivity index (χ2n) is 5.45. The van der Waals surface area contributed by atoms with Crippen LogP contribution in [0.15, 0.2) is 48.8 Å². The number of carbonyl (C=O) groups excluding carboxylic acids is 1. The van der Waals surface area contributed by atoms with E-state index in [9.17, 15) is 31.1 Å². The van der Waals surface area contributed by atoms with E-state index in [1.54, 1.807) is 12.1 Å². The van der Waals surface area contributed by atoms with E-state index in [-0.39, 0.29) is 11.3 Å². The van der Waals surface area contributed by atoms with E-state index in [1.807, 2.05) is 0 Å². The number of nitrogens with zero attached hydrogens (tertiary/aromatic N) is 1. The van der Waals surface area contributed by atoms with Gasteiger partial charge in [-0.05, 0) is 42.0 Å². The van der Waals surface area contributed by atoms with Gasteiger partial charge in [0.15, 0.2) is 19.0 Å². The third-order valence-electron chi connectivity index (χ3n) is 3.12. The number of ketones is 1. The van der Waals surface area contributed by atoms with Gasteiger partial charge in [0.25, 0.3) is 0 Å². The summed E-state index contributed by atoms with van der Waals surface area (Å²) in [6.45, 7) is -3.28. The molecule has 0 aliphatic rings. The highest BCUT2D eigenvalue weighted by Crippen LogP contribution is 2.28. The first-order valence-electron chi connectivity index (χ1n) is 7.69. The number of aromatic nitrogens is 1. The Kier molecular flexibility index (Phi) is 6.66. The molecule has 1 aromatic carbocycles. The Morgan fingerprint density at radius 1 is 1.00 bits per heavy atom. The van der Waals surface area contributed by atoms with E-state index < -0.39 is 37.1 Å². The minimum Gasteiger partial charge on any atom is -0.484 e. The Bertz CT molecular complexity index is 831. The molecule has 10 heteroatoms. The van der Waals surface area contributed by atoms with E-state index in [0.717, 1.165) is 24.3 Å². The largest absolute Gasteiger partial charge is 0.484 e. The summed E-state index contributed by atoms with van der Waals surface area (Å²) in [4.78, 5) is 16.2. The van der Waals surface area contributed by atoms with Gasteiger partial charge >= 0.3 is 12.4 Å². The number of halogens is 6. The number of hydrogen-bond donors (Lipinski definition) is 0. The summed E-state index contributed by atoms with van der Waals surface area (Å²) in [6.07, 6.45) is -3.93. The quantitative estimate of drug-likeness (QED) is 0.375. The van der Waals surface area contributed by atoms with Crippen LogP contribution in [0.4, 0.5) is 26.3 Å². The normalized spacial score (nSPS) is 12.2. The number of ether oxygens (including phenoxy) is 2. The molecular formula is C18H13F6NO3. The van der Waals surface area contributed by atoms with E-state index >= 15 is 0 Å².